The van der Waals surface area contributed by atoms with Gasteiger partial charge in [-0.25, -0.2) is 0 Å². The largest absolute Gasteiger partial charge is 0.355 e. The molecule has 0 aliphatic heterocycles. The van der Waals surface area contributed by atoms with Crippen LogP contribution in [0.1, 0.15) is 11.1 Å². The maximum Gasteiger partial charge on any atom is 0.207 e. The molecule has 3 heteroatoms. The number of rotatable bonds is 3. The zero-order valence-electron chi connectivity index (χ0n) is 6.80. The van der Waals surface area contributed by atoms with Crippen LogP contribution in [-0.4, -0.2) is 6.41 Å². The topological polar surface area (TPSA) is 29.1 Å². The third kappa shape index (κ3) is 2.24. The van der Waals surface area contributed by atoms with Gasteiger partial charge in [0.15, 0.2) is 0 Å². The number of hydrogen-bond donors (Lipinski definition) is 1. The average molecular weight is 184 g/mol. The van der Waals surface area contributed by atoms with Crippen LogP contribution in [0.15, 0.2) is 18.2 Å². The Balaban J connectivity index is 2.78. The first-order valence-corrected chi connectivity index (χ1v) is 4.04. The van der Waals surface area contributed by atoms with Crippen LogP contribution < -0.4 is 5.32 Å². The van der Waals surface area contributed by atoms with Crippen LogP contribution in [-0.2, 0) is 11.3 Å². The number of carbonyl (C=O) groups excluding carboxylic acids is 1. The van der Waals surface area contributed by atoms with Gasteiger partial charge in [-0.1, -0.05) is 23.7 Å². The Labute approximate surface area is 76.5 Å². The van der Waals surface area contributed by atoms with E-state index < -0.39 is 0 Å². The third-order valence-corrected chi connectivity index (χ3v) is 1.94. The summed E-state index contributed by atoms with van der Waals surface area (Å²) in [6, 6.07) is 5.76. The number of amides is 1. The average Bonchev–Trinajstić information content (AvgIpc) is 2.03. The summed E-state index contributed by atoms with van der Waals surface area (Å²) >= 11 is 5.91. The Bertz CT molecular complexity index is 286. The van der Waals surface area contributed by atoms with Crippen molar-refractivity contribution in [2.75, 3.05) is 0 Å². The highest BCUT2D eigenvalue weighted by Gasteiger charge is 1.98. The monoisotopic (exact) mass is 183 g/mol. The summed E-state index contributed by atoms with van der Waals surface area (Å²) < 4.78 is 0. The molecule has 0 saturated heterocycles. The fourth-order valence-electron chi connectivity index (χ4n) is 0.947. The van der Waals surface area contributed by atoms with E-state index in [2.05, 4.69) is 5.32 Å². The van der Waals surface area contributed by atoms with Gasteiger partial charge in [-0.2, -0.15) is 0 Å². The van der Waals surface area contributed by atoms with E-state index >= 15 is 0 Å². The number of halogens is 1. The Morgan fingerprint density at radius 3 is 2.92 bits per heavy atom. The second kappa shape index (κ2) is 4.12. The molecular weight excluding hydrogens is 174 g/mol. The van der Waals surface area contributed by atoms with E-state index in [-0.39, 0.29) is 0 Å². The van der Waals surface area contributed by atoms with Gasteiger partial charge in [0.2, 0.25) is 6.41 Å². The molecule has 1 amide bonds. The van der Waals surface area contributed by atoms with Crippen LogP contribution in [0.25, 0.3) is 0 Å². The Morgan fingerprint density at radius 2 is 2.33 bits per heavy atom. The van der Waals surface area contributed by atoms with Gasteiger partial charge in [0.05, 0.1) is 0 Å². The first kappa shape index (κ1) is 9.07. The quantitative estimate of drug-likeness (QED) is 0.713. The standard InChI is InChI=1S/C9H10ClNO/c1-7-2-3-8(5-11-6-12)9(10)4-7/h2-4,6H,5H2,1H3,(H,11,12). The van der Waals surface area contributed by atoms with E-state index in [0.717, 1.165) is 11.1 Å². The highest BCUT2D eigenvalue weighted by molar-refractivity contribution is 6.31. The highest BCUT2D eigenvalue weighted by Crippen LogP contribution is 2.16. The molecule has 0 aromatic heterocycles. The van der Waals surface area contributed by atoms with Crippen molar-refractivity contribution in [3.8, 4) is 0 Å². The van der Waals surface area contributed by atoms with Crippen molar-refractivity contribution in [3.05, 3.63) is 34.3 Å². The smallest absolute Gasteiger partial charge is 0.207 e. The molecule has 0 aliphatic rings. The van der Waals surface area contributed by atoms with Crippen LogP contribution in [0.5, 0.6) is 0 Å². The molecule has 0 radical (unpaired) electrons. The predicted molar refractivity (Wildman–Crippen MR) is 49.1 cm³/mol. The van der Waals surface area contributed by atoms with E-state index in [1.165, 1.54) is 0 Å². The maximum atomic E-state index is 10.0. The van der Waals surface area contributed by atoms with Crippen LogP contribution in [0, 0.1) is 6.92 Å². The Kier molecular flexibility index (Phi) is 3.11. The highest BCUT2D eigenvalue weighted by atomic mass is 35.5. The molecule has 0 bridgehead atoms. The minimum atomic E-state index is 0.489. The number of aryl methyl sites for hydroxylation is 1. The zero-order chi connectivity index (χ0) is 8.97. The molecule has 12 heavy (non-hydrogen) atoms. The van der Waals surface area contributed by atoms with E-state index in [1.54, 1.807) is 0 Å². The van der Waals surface area contributed by atoms with Crippen LogP contribution >= 0.6 is 11.6 Å². The fourth-order valence-corrected chi connectivity index (χ4v) is 1.25. The van der Waals surface area contributed by atoms with E-state index in [9.17, 15) is 4.79 Å². The lowest BCUT2D eigenvalue weighted by Gasteiger charge is -2.03. The number of benzene rings is 1. The third-order valence-electron chi connectivity index (χ3n) is 1.58. The second-order valence-corrected chi connectivity index (χ2v) is 3.00. The predicted octanol–water partition coefficient (Wildman–Crippen LogP) is 1.89. The van der Waals surface area contributed by atoms with E-state index in [1.807, 2.05) is 25.1 Å². The molecule has 1 aromatic rings. The fraction of sp³-hybridized carbons (Fsp3) is 0.222. The molecule has 0 heterocycles. The minimum Gasteiger partial charge on any atom is -0.355 e. The Hall–Kier alpha value is -1.02. The molecule has 0 fully saturated rings. The van der Waals surface area contributed by atoms with Crippen LogP contribution in [0.3, 0.4) is 0 Å². The zero-order valence-corrected chi connectivity index (χ0v) is 7.56. The van der Waals surface area contributed by atoms with Gasteiger partial charge in [-0.15, -0.1) is 0 Å². The Morgan fingerprint density at radius 1 is 1.58 bits per heavy atom. The first-order valence-electron chi connectivity index (χ1n) is 3.66. The van der Waals surface area contributed by atoms with Gasteiger partial charge in [0.1, 0.15) is 0 Å². The minimum absolute atomic E-state index is 0.489. The molecule has 0 aliphatic carbocycles. The van der Waals surface area contributed by atoms with Crippen molar-refractivity contribution in [2.24, 2.45) is 0 Å². The van der Waals surface area contributed by atoms with Gasteiger partial charge in [-0.05, 0) is 24.1 Å². The number of nitrogens with one attached hydrogen (secondary N) is 1. The molecule has 64 valence electrons. The number of carbonyl (C=O) groups is 1. The maximum absolute atomic E-state index is 10.0. The van der Waals surface area contributed by atoms with Crippen molar-refractivity contribution in [2.45, 2.75) is 13.5 Å². The molecular formula is C9H10ClNO. The first-order chi connectivity index (χ1) is 5.74. The van der Waals surface area contributed by atoms with Gasteiger partial charge in [-0.3, -0.25) is 4.79 Å². The van der Waals surface area contributed by atoms with Crippen LogP contribution in [0.2, 0.25) is 5.02 Å². The van der Waals surface area contributed by atoms with Crippen molar-refractivity contribution in [3.63, 3.8) is 0 Å². The molecule has 0 spiro atoms. The molecule has 0 saturated carbocycles. The number of hydrogen-bond acceptors (Lipinski definition) is 1. The SMILES string of the molecule is Cc1ccc(CNC=O)c(Cl)c1. The summed E-state index contributed by atoms with van der Waals surface area (Å²) in [5.74, 6) is 0. The summed E-state index contributed by atoms with van der Waals surface area (Å²) in [5.41, 5.74) is 2.06. The lowest BCUT2D eigenvalue weighted by Crippen LogP contribution is -2.09. The van der Waals surface area contributed by atoms with Gasteiger partial charge in [0, 0.05) is 11.6 Å². The lowest BCUT2D eigenvalue weighted by molar-refractivity contribution is -0.109. The molecule has 2 nitrogen and oxygen atoms in total. The second-order valence-electron chi connectivity index (χ2n) is 2.59. The summed E-state index contributed by atoms with van der Waals surface area (Å²) in [4.78, 5) is 10.0. The van der Waals surface area contributed by atoms with Gasteiger partial charge in [0.25, 0.3) is 0 Å². The van der Waals surface area contributed by atoms with E-state index in [0.29, 0.717) is 18.0 Å². The van der Waals surface area contributed by atoms with Gasteiger partial charge >= 0.3 is 0 Å². The molecule has 1 rings (SSSR count). The normalized spacial score (nSPS) is 9.50. The summed E-state index contributed by atoms with van der Waals surface area (Å²) in [6.45, 7) is 2.46. The van der Waals surface area contributed by atoms with Crippen molar-refractivity contribution >= 4 is 18.0 Å². The molecule has 1 aromatic carbocycles. The summed E-state index contributed by atoms with van der Waals surface area (Å²) in [5, 5.41) is 3.26. The van der Waals surface area contributed by atoms with Crippen molar-refractivity contribution < 1.29 is 4.79 Å². The van der Waals surface area contributed by atoms with Crippen LogP contribution in [0.4, 0.5) is 0 Å². The molecule has 0 atom stereocenters. The van der Waals surface area contributed by atoms with Crippen molar-refractivity contribution in [1.29, 1.82) is 0 Å². The lowest BCUT2D eigenvalue weighted by atomic mass is 10.1. The molecule has 1 N–H and O–H groups in total. The summed E-state index contributed by atoms with van der Waals surface area (Å²) in [7, 11) is 0. The van der Waals surface area contributed by atoms with Crippen molar-refractivity contribution in [1.82, 2.24) is 5.32 Å². The van der Waals surface area contributed by atoms with Gasteiger partial charge < -0.3 is 5.32 Å². The van der Waals surface area contributed by atoms with E-state index in [4.69, 9.17) is 11.6 Å². The summed E-state index contributed by atoms with van der Waals surface area (Å²) in [6.07, 6.45) is 0.663. The molecule has 0 unspecified atom stereocenters.